The van der Waals surface area contributed by atoms with Crippen molar-refractivity contribution in [3.63, 3.8) is 0 Å². The zero-order valence-corrected chi connectivity index (χ0v) is 10.8. The van der Waals surface area contributed by atoms with Crippen molar-refractivity contribution in [1.82, 2.24) is 5.32 Å². The average molecular weight is 263 g/mol. The number of hydrogen-bond donors (Lipinski definition) is 1. The van der Waals surface area contributed by atoms with Crippen molar-refractivity contribution in [1.29, 1.82) is 0 Å². The molecule has 0 saturated heterocycles. The summed E-state index contributed by atoms with van der Waals surface area (Å²) in [5, 5.41) is 3.00. The summed E-state index contributed by atoms with van der Waals surface area (Å²) in [6.45, 7) is 0. The third-order valence-corrected chi connectivity index (χ3v) is 3.91. The first-order chi connectivity index (χ1) is 9.75. The summed E-state index contributed by atoms with van der Waals surface area (Å²) in [4.78, 5) is 24.7. The number of amides is 1. The summed E-state index contributed by atoms with van der Waals surface area (Å²) < 4.78 is 0. The van der Waals surface area contributed by atoms with Gasteiger partial charge in [0.15, 0.2) is 5.78 Å². The maximum atomic E-state index is 12.4. The van der Waals surface area contributed by atoms with E-state index < -0.39 is 0 Å². The highest BCUT2D eigenvalue weighted by Gasteiger charge is 2.31. The molecule has 2 aromatic carbocycles. The van der Waals surface area contributed by atoms with E-state index in [-0.39, 0.29) is 11.7 Å². The van der Waals surface area contributed by atoms with Crippen LogP contribution in [-0.4, -0.2) is 17.7 Å². The molecule has 3 heteroatoms. The van der Waals surface area contributed by atoms with E-state index in [1.807, 2.05) is 24.3 Å². The normalized spacial score (nSPS) is 15.7. The van der Waals surface area contributed by atoms with Gasteiger partial charge in [-0.15, -0.1) is 0 Å². The monoisotopic (exact) mass is 263 g/mol. The molecule has 0 aliphatic heterocycles. The van der Waals surface area contributed by atoms with Crippen LogP contribution >= 0.6 is 0 Å². The molecule has 1 N–H and O–H groups in total. The maximum Gasteiger partial charge on any atom is 0.252 e. The zero-order chi connectivity index (χ0) is 13.7. The fourth-order valence-electron chi connectivity index (χ4n) is 2.76. The zero-order valence-electron chi connectivity index (χ0n) is 10.8. The lowest BCUT2D eigenvalue weighted by molar-refractivity contribution is 0.0951. The lowest BCUT2D eigenvalue weighted by atomic mass is 9.99. The van der Waals surface area contributed by atoms with Crippen molar-refractivity contribution in [3.8, 4) is 11.1 Å². The molecular formula is C17H13NO2. The quantitative estimate of drug-likeness (QED) is 0.772. The van der Waals surface area contributed by atoms with E-state index in [1.54, 1.807) is 18.2 Å². The van der Waals surface area contributed by atoms with Crippen LogP contribution < -0.4 is 5.32 Å². The molecule has 0 spiro atoms. The Kier molecular flexibility index (Phi) is 2.30. The SMILES string of the molecule is O=C(NC1CC1)c1cccc2c1-c1ccccc1C2=O. The van der Waals surface area contributed by atoms with Gasteiger partial charge in [0.2, 0.25) is 0 Å². The summed E-state index contributed by atoms with van der Waals surface area (Å²) in [7, 11) is 0. The van der Waals surface area contributed by atoms with E-state index in [1.165, 1.54) is 0 Å². The molecular weight excluding hydrogens is 250 g/mol. The standard InChI is InChI=1S/C17H13NO2/c19-16-12-5-2-1-4-11(12)15-13(16)6-3-7-14(15)17(20)18-10-8-9-10/h1-7,10H,8-9H2,(H,18,20). The van der Waals surface area contributed by atoms with Crippen molar-refractivity contribution >= 4 is 11.7 Å². The van der Waals surface area contributed by atoms with E-state index in [2.05, 4.69) is 5.32 Å². The molecule has 0 aromatic heterocycles. The Morgan fingerprint density at radius 2 is 1.65 bits per heavy atom. The molecule has 2 aliphatic carbocycles. The van der Waals surface area contributed by atoms with Gasteiger partial charge >= 0.3 is 0 Å². The number of carbonyl (C=O) groups excluding carboxylic acids is 2. The minimum Gasteiger partial charge on any atom is -0.349 e. The Labute approximate surface area is 116 Å². The van der Waals surface area contributed by atoms with Crippen molar-refractivity contribution in [3.05, 3.63) is 59.2 Å². The van der Waals surface area contributed by atoms with E-state index in [9.17, 15) is 9.59 Å². The molecule has 0 unspecified atom stereocenters. The highest BCUT2D eigenvalue weighted by Crippen LogP contribution is 2.38. The molecule has 0 atom stereocenters. The lowest BCUT2D eigenvalue weighted by Crippen LogP contribution is -2.26. The van der Waals surface area contributed by atoms with Crippen LogP contribution in [0, 0.1) is 0 Å². The second kappa shape index (κ2) is 4.04. The Morgan fingerprint density at radius 3 is 2.40 bits per heavy atom. The van der Waals surface area contributed by atoms with Crippen LogP contribution in [-0.2, 0) is 0 Å². The summed E-state index contributed by atoms with van der Waals surface area (Å²) in [6.07, 6.45) is 2.10. The molecule has 0 bridgehead atoms. The Balaban J connectivity index is 1.89. The highest BCUT2D eigenvalue weighted by molar-refractivity contribution is 6.24. The van der Waals surface area contributed by atoms with Crippen LogP contribution in [0.15, 0.2) is 42.5 Å². The molecule has 0 heterocycles. The number of carbonyl (C=O) groups is 2. The van der Waals surface area contributed by atoms with Gasteiger partial charge < -0.3 is 5.32 Å². The van der Waals surface area contributed by atoms with Crippen molar-refractivity contribution < 1.29 is 9.59 Å². The number of hydrogen-bond acceptors (Lipinski definition) is 2. The molecule has 2 aliphatic rings. The van der Waals surface area contributed by atoms with E-state index in [0.29, 0.717) is 22.7 Å². The molecule has 1 amide bonds. The third kappa shape index (κ3) is 1.59. The summed E-state index contributed by atoms with van der Waals surface area (Å²) in [5.74, 6) is -0.0643. The van der Waals surface area contributed by atoms with Gasteiger partial charge in [0.05, 0.1) is 0 Å². The second-order valence-corrected chi connectivity index (χ2v) is 5.35. The Hall–Kier alpha value is -2.42. The largest absolute Gasteiger partial charge is 0.349 e. The molecule has 1 saturated carbocycles. The number of ketones is 1. The topological polar surface area (TPSA) is 46.2 Å². The third-order valence-electron chi connectivity index (χ3n) is 3.91. The van der Waals surface area contributed by atoms with Gasteiger partial charge in [-0.3, -0.25) is 9.59 Å². The van der Waals surface area contributed by atoms with E-state index in [0.717, 1.165) is 24.0 Å². The van der Waals surface area contributed by atoms with Gasteiger partial charge in [-0.05, 0) is 24.5 Å². The van der Waals surface area contributed by atoms with Crippen molar-refractivity contribution in [2.45, 2.75) is 18.9 Å². The summed E-state index contributed by atoms with van der Waals surface area (Å²) in [5.41, 5.74) is 3.58. The molecule has 2 aromatic rings. The summed E-state index contributed by atoms with van der Waals surface area (Å²) in [6, 6.07) is 13.2. The fourth-order valence-corrected chi connectivity index (χ4v) is 2.76. The minimum absolute atomic E-state index is 0.0108. The molecule has 20 heavy (non-hydrogen) atoms. The predicted octanol–water partition coefficient (Wildman–Crippen LogP) is 2.79. The first-order valence-electron chi connectivity index (χ1n) is 6.83. The lowest BCUT2D eigenvalue weighted by Gasteiger charge is -2.09. The summed E-state index contributed by atoms with van der Waals surface area (Å²) >= 11 is 0. The van der Waals surface area contributed by atoms with Crippen molar-refractivity contribution in [2.75, 3.05) is 0 Å². The first kappa shape index (κ1) is 11.4. The molecule has 4 rings (SSSR count). The molecule has 3 nitrogen and oxygen atoms in total. The molecule has 1 fully saturated rings. The van der Waals surface area contributed by atoms with Gasteiger partial charge in [-0.25, -0.2) is 0 Å². The van der Waals surface area contributed by atoms with Gasteiger partial charge in [0.25, 0.3) is 5.91 Å². The predicted molar refractivity (Wildman–Crippen MR) is 75.8 cm³/mol. The number of nitrogens with one attached hydrogen (secondary N) is 1. The van der Waals surface area contributed by atoms with E-state index in [4.69, 9.17) is 0 Å². The molecule has 98 valence electrons. The van der Waals surface area contributed by atoms with Crippen LogP contribution in [0.4, 0.5) is 0 Å². The van der Waals surface area contributed by atoms with Gasteiger partial charge in [-0.1, -0.05) is 36.4 Å². The maximum absolute atomic E-state index is 12.4. The van der Waals surface area contributed by atoms with Crippen LogP contribution in [0.5, 0.6) is 0 Å². The number of rotatable bonds is 2. The first-order valence-corrected chi connectivity index (χ1v) is 6.83. The Morgan fingerprint density at radius 1 is 0.950 bits per heavy atom. The van der Waals surface area contributed by atoms with Crippen LogP contribution in [0.1, 0.15) is 39.1 Å². The van der Waals surface area contributed by atoms with Gasteiger partial charge in [-0.2, -0.15) is 0 Å². The van der Waals surface area contributed by atoms with Crippen LogP contribution in [0.25, 0.3) is 11.1 Å². The van der Waals surface area contributed by atoms with Crippen LogP contribution in [0.3, 0.4) is 0 Å². The smallest absolute Gasteiger partial charge is 0.252 e. The fraction of sp³-hybridized carbons (Fsp3) is 0.176. The second-order valence-electron chi connectivity index (χ2n) is 5.35. The van der Waals surface area contributed by atoms with Crippen LogP contribution in [0.2, 0.25) is 0 Å². The highest BCUT2D eigenvalue weighted by atomic mass is 16.2. The van der Waals surface area contributed by atoms with E-state index >= 15 is 0 Å². The van der Waals surface area contributed by atoms with Crippen molar-refractivity contribution in [2.24, 2.45) is 0 Å². The Bertz CT molecular complexity index is 744. The van der Waals surface area contributed by atoms with Gasteiger partial charge in [0.1, 0.15) is 0 Å². The average Bonchev–Trinajstić information content (AvgIpc) is 3.24. The number of benzene rings is 2. The van der Waals surface area contributed by atoms with Gasteiger partial charge in [0, 0.05) is 28.3 Å². The molecule has 0 radical (unpaired) electrons. The minimum atomic E-state index is -0.0751. The number of fused-ring (bicyclic) bond motifs is 3.